The van der Waals surface area contributed by atoms with E-state index in [4.69, 9.17) is 0 Å². The normalized spacial score (nSPS) is 16.5. The molecule has 2 rings (SSSR count). The molecule has 1 aliphatic heterocycles. The lowest BCUT2D eigenvalue weighted by Crippen LogP contribution is -2.47. The van der Waals surface area contributed by atoms with Crippen molar-refractivity contribution in [2.24, 2.45) is 0 Å². The summed E-state index contributed by atoms with van der Waals surface area (Å²) in [6, 6.07) is 2.94. The molecule has 1 aromatic rings. The summed E-state index contributed by atoms with van der Waals surface area (Å²) in [5, 5.41) is 3.63. The Morgan fingerprint density at radius 3 is 2.55 bits per heavy atom. The van der Waals surface area contributed by atoms with E-state index >= 15 is 0 Å². The van der Waals surface area contributed by atoms with Gasteiger partial charge in [-0.05, 0) is 38.3 Å². The van der Waals surface area contributed by atoms with Gasteiger partial charge in [-0.15, -0.1) is 11.3 Å². The molecule has 0 unspecified atom stereocenters. The second-order valence-electron chi connectivity index (χ2n) is 5.77. The van der Waals surface area contributed by atoms with Gasteiger partial charge in [0.1, 0.15) is 0 Å². The summed E-state index contributed by atoms with van der Waals surface area (Å²) in [4.78, 5) is 18.3. The van der Waals surface area contributed by atoms with Gasteiger partial charge in [-0.1, -0.05) is 0 Å². The van der Waals surface area contributed by atoms with Crippen LogP contribution in [0.3, 0.4) is 0 Å². The molecule has 0 saturated carbocycles. The molecule has 0 bridgehead atoms. The second kappa shape index (κ2) is 6.59. The molecule has 0 aliphatic carbocycles. The lowest BCUT2D eigenvalue weighted by molar-refractivity contribution is 0.152. The summed E-state index contributed by atoms with van der Waals surface area (Å²) < 4.78 is 0. The topological polar surface area (TPSA) is 35.6 Å². The van der Waals surface area contributed by atoms with Crippen molar-refractivity contribution in [3.05, 3.63) is 21.4 Å². The number of nitrogens with zero attached hydrogens (tertiary/aromatic N) is 2. The molecular weight excluding hydrogens is 270 g/mol. The Balaban J connectivity index is 1.76. The quantitative estimate of drug-likeness (QED) is 0.930. The van der Waals surface area contributed by atoms with Gasteiger partial charge in [0.25, 0.3) is 0 Å². The molecule has 1 aromatic heterocycles. The number of thiophene rings is 1. The molecule has 5 heteroatoms. The van der Waals surface area contributed by atoms with Gasteiger partial charge < -0.3 is 15.1 Å². The van der Waals surface area contributed by atoms with Crippen LogP contribution in [0.5, 0.6) is 0 Å². The molecule has 0 aromatic carbocycles. The van der Waals surface area contributed by atoms with Crippen LogP contribution >= 0.6 is 11.3 Å². The van der Waals surface area contributed by atoms with Crippen LogP contribution < -0.4 is 5.32 Å². The van der Waals surface area contributed by atoms with Gasteiger partial charge in [0.2, 0.25) is 0 Å². The fourth-order valence-corrected chi connectivity index (χ4v) is 3.54. The number of nitrogens with one attached hydrogen (secondary N) is 1. The molecule has 1 saturated heterocycles. The largest absolute Gasteiger partial charge is 0.331 e. The highest BCUT2D eigenvalue weighted by molar-refractivity contribution is 7.12. The van der Waals surface area contributed by atoms with Gasteiger partial charge in [-0.2, -0.15) is 0 Å². The maximum absolute atomic E-state index is 11.9. The van der Waals surface area contributed by atoms with Gasteiger partial charge in [0.05, 0.1) is 0 Å². The Bertz CT molecular complexity index is 442. The van der Waals surface area contributed by atoms with E-state index in [1.165, 1.54) is 15.3 Å². The van der Waals surface area contributed by atoms with Gasteiger partial charge in [0.15, 0.2) is 0 Å². The van der Waals surface area contributed by atoms with Crippen LogP contribution in [0, 0.1) is 13.8 Å². The molecular formula is C15H25N3OS. The van der Waals surface area contributed by atoms with Crippen LogP contribution in [0.2, 0.25) is 0 Å². The lowest BCUT2D eigenvalue weighted by atomic mass is 10.1. The molecule has 0 radical (unpaired) electrons. The van der Waals surface area contributed by atoms with Crippen molar-refractivity contribution in [1.82, 2.24) is 15.1 Å². The number of likely N-dealkylation sites (tertiary alicyclic amines) is 1. The van der Waals surface area contributed by atoms with Crippen molar-refractivity contribution in [2.75, 3.05) is 27.2 Å². The van der Waals surface area contributed by atoms with Crippen molar-refractivity contribution in [2.45, 2.75) is 39.3 Å². The van der Waals surface area contributed by atoms with E-state index in [0.717, 1.165) is 32.5 Å². The highest BCUT2D eigenvalue weighted by atomic mass is 32.1. The highest BCUT2D eigenvalue weighted by Gasteiger charge is 2.23. The molecule has 20 heavy (non-hydrogen) atoms. The third-order valence-corrected chi connectivity index (χ3v) is 5.08. The predicted octanol–water partition coefficient (Wildman–Crippen LogP) is 2.60. The Kier molecular flexibility index (Phi) is 5.05. The van der Waals surface area contributed by atoms with Gasteiger partial charge in [-0.3, -0.25) is 0 Å². The Morgan fingerprint density at radius 1 is 1.40 bits per heavy atom. The molecule has 4 nitrogen and oxygen atoms in total. The molecule has 1 N–H and O–H groups in total. The first-order valence-electron chi connectivity index (χ1n) is 7.23. The van der Waals surface area contributed by atoms with Crippen molar-refractivity contribution in [3.63, 3.8) is 0 Å². The van der Waals surface area contributed by atoms with Crippen LogP contribution in [0.1, 0.15) is 28.2 Å². The van der Waals surface area contributed by atoms with E-state index in [1.54, 1.807) is 4.90 Å². The number of aryl methyl sites for hydroxylation is 2. The van der Waals surface area contributed by atoms with E-state index < -0.39 is 0 Å². The number of carbonyl (C=O) groups is 1. The number of rotatable bonds is 3. The summed E-state index contributed by atoms with van der Waals surface area (Å²) in [6.07, 6.45) is 2.09. The number of amides is 2. The van der Waals surface area contributed by atoms with Crippen molar-refractivity contribution in [1.29, 1.82) is 0 Å². The minimum absolute atomic E-state index is 0.132. The number of piperidine rings is 1. The van der Waals surface area contributed by atoms with Gasteiger partial charge >= 0.3 is 6.03 Å². The van der Waals surface area contributed by atoms with E-state index in [-0.39, 0.29) is 6.03 Å². The fourth-order valence-electron chi connectivity index (χ4n) is 2.54. The zero-order chi connectivity index (χ0) is 14.7. The molecule has 112 valence electrons. The standard InChI is InChI=1S/C15H25N3OS/c1-11-9-14(20-12(11)2)10-16-13-5-7-18(8-6-13)15(19)17(3)4/h9,13,16H,5-8,10H2,1-4H3. The third-order valence-electron chi connectivity index (χ3n) is 3.93. The first-order chi connectivity index (χ1) is 9.47. The summed E-state index contributed by atoms with van der Waals surface area (Å²) >= 11 is 1.88. The molecule has 1 fully saturated rings. The molecule has 0 atom stereocenters. The maximum Gasteiger partial charge on any atom is 0.319 e. The lowest BCUT2D eigenvalue weighted by Gasteiger charge is -2.34. The van der Waals surface area contributed by atoms with Gasteiger partial charge in [0, 0.05) is 49.5 Å². The summed E-state index contributed by atoms with van der Waals surface area (Å²) in [7, 11) is 3.63. The zero-order valence-corrected chi connectivity index (χ0v) is 13.7. The first kappa shape index (κ1) is 15.3. The van der Waals surface area contributed by atoms with Gasteiger partial charge in [-0.25, -0.2) is 4.79 Å². The van der Waals surface area contributed by atoms with Crippen LogP contribution in [0.4, 0.5) is 4.79 Å². The monoisotopic (exact) mass is 295 g/mol. The second-order valence-corrected chi connectivity index (χ2v) is 7.11. The van der Waals surface area contributed by atoms with Crippen LogP contribution in [-0.2, 0) is 6.54 Å². The molecule has 2 heterocycles. The van der Waals surface area contributed by atoms with E-state index in [0.29, 0.717) is 6.04 Å². The number of carbonyl (C=O) groups excluding carboxylic acids is 1. The van der Waals surface area contributed by atoms with Crippen molar-refractivity contribution < 1.29 is 4.79 Å². The SMILES string of the molecule is Cc1cc(CNC2CCN(C(=O)N(C)C)CC2)sc1C. The minimum Gasteiger partial charge on any atom is -0.331 e. The number of hydrogen-bond acceptors (Lipinski definition) is 3. The third kappa shape index (κ3) is 3.73. The summed E-state index contributed by atoms with van der Waals surface area (Å²) in [5.41, 5.74) is 1.39. The maximum atomic E-state index is 11.9. The Morgan fingerprint density at radius 2 is 2.05 bits per heavy atom. The van der Waals surface area contributed by atoms with E-state index in [2.05, 4.69) is 25.2 Å². The van der Waals surface area contributed by atoms with E-state index in [1.807, 2.05) is 30.3 Å². The summed E-state index contributed by atoms with van der Waals surface area (Å²) in [5.74, 6) is 0. The first-order valence-corrected chi connectivity index (χ1v) is 8.04. The van der Waals surface area contributed by atoms with Crippen LogP contribution in [0.25, 0.3) is 0 Å². The molecule has 1 aliphatic rings. The smallest absolute Gasteiger partial charge is 0.319 e. The van der Waals surface area contributed by atoms with Crippen LogP contribution in [0.15, 0.2) is 6.07 Å². The van der Waals surface area contributed by atoms with Crippen molar-refractivity contribution >= 4 is 17.4 Å². The Hall–Kier alpha value is -1.07. The zero-order valence-electron chi connectivity index (χ0n) is 12.9. The molecule has 0 spiro atoms. The van der Waals surface area contributed by atoms with Crippen molar-refractivity contribution in [3.8, 4) is 0 Å². The van der Waals surface area contributed by atoms with Crippen LogP contribution in [-0.4, -0.2) is 49.1 Å². The summed E-state index contributed by atoms with van der Waals surface area (Å²) in [6.45, 7) is 7.01. The predicted molar refractivity (Wildman–Crippen MR) is 84.3 cm³/mol. The van der Waals surface area contributed by atoms with E-state index in [9.17, 15) is 4.79 Å². The Labute approximate surface area is 125 Å². The average molecular weight is 295 g/mol. The number of urea groups is 1. The average Bonchev–Trinajstić information content (AvgIpc) is 2.75. The highest BCUT2D eigenvalue weighted by Crippen LogP contribution is 2.21. The fraction of sp³-hybridized carbons (Fsp3) is 0.667. The number of hydrogen-bond donors (Lipinski definition) is 1. The minimum atomic E-state index is 0.132. The molecule has 2 amide bonds.